The van der Waals surface area contributed by atoms with E-state index >= 15 is 0 Å². The van der Waals surface area contributed by atoms with Crippen LogP contribution in [0.3, 0.4) is 0 Å². The van der Waals surface area contributed by atoms with Crippen LogP contribution in [-0.4, -0.2) is 30.1 Å². The van der Waals surface area contributed by atoms with E-state index in [1.807, 2.05) is 0 Å². The number of benzene rings is 2. The number of ether oxygens (including phenoxy) is 2. The van der Waals surface area contributed by atoms with E-state index in [0.717, 1.165) is 19.4 Å². The number of nitro benzene ring substituents is 1. The van der Waals surface area contributed by atoms with E-state index in [9.17, 15) is 14.9 Å². The van der Waals surface area contributed by atoms with E-state index in [-0.39, 0.29) is 17.7 Å². The molecule has 0 aromatic heterocycles. The molecule has 1 aliphatic heterocycles. The van der Waals surface area contributed by atoms with Gasteiger partial charge >= 0.3 is 0 Å². The molecule has 1 saturated heterocycles. The molecule has 0 aliphatic carbocycles. The molecule has 1 atom stereocenters. The van der Waals surface area contributed by atoms with Crippen molar-refractivity contribution in [3.05, 3.63) is 64.2 Å². The molecule has 0 saturated carbocycles. The molecular weight excluding hydrogens is 324 g/mol. The van der Waals surface area contributed by atoms with Gasteiger partial charge in [-0.2, -0.15) is 0 Å². The first kappa shape index (κ1) is 16.9. The van der Waals surface area contributed by atoms with Crippen LogP contribution < -0.4 is 10.1 Å². The molecule has 130 valence electrons. The molecule has 2 aromatic rings. The highest BCUT2D eigenvalue weighted by Gasteiger charge is 2.16. The monoisotopic (exact) mass is 342 g/mol. The normalized spacial score (nSPS) is 16.4. The second-order valence-electron chi connectivity index (χ2n) is 5.72. The zero-order valence-corrected chi connectivity index (χ0v) is 13.5. The molecule has 0 radical (unpaired) electrons. The lowest BCUT2D eigenvalue weighted by atomic mass is 10.2. The van der Waals surface area contributed by atoms with Crippen LogP contribution in [0.4, 0.5) is 5.69 Å². The SMILES string of the molecule is O=C(NC[C@@H]1CCCO1)c1ccc(Oc2ccc([N+](=O)[O-])cc2)cc1. The topological polar surface area (TPSA) is 90.7 Å². The van der Waals surface area contributed by atoms with Crippen molar-refractivity contribution in [1.82, 2.24) is 5.32 Å². The first-order valence-electron chi connectivity index (χ1n) is 8.04. The van der Waals surface area contributed by atoms with E-state index in [1.54, 1.807) is 24.3 Å². The number of carbonyl (C=O) groups excluding carboxylic acids is 1. The number of hydrogen-bond donors (Lipinski definition) is 1. The molecule has 0 spiro atoms. The van der Waals surface area contributed by atoms with Gasteiger partial charge < -0.3 is 14.8 Å². The Balaban J connectivity index is 1.55. The minimum atomic E-state index is -0.464. The van der Waals surface area contributed by atoms with Crippen molar-refractivity contribution in [2.45, 2.75) is 18.9 Å². The number of hydrogen-bond acceptors (Lipinski definition) is 5. The van der Waals surface area contributed by atoms with E-state index in [0.29, 0.717) is 23.6 Å². The molecule has 1 fully saturated rings. The highest BCUT2D eigenvalue weighted by atomic mass is 16.6. The Morgan fingerprint density at radius 3 is 2.36 bits per heavy atom. The van der Waals surface area contributed by atoms with Gasteiger partial charge in [0.15, 0.2) is 0 Å². The summed E-state index contributed by atoms with van der Waals surface area (Å²) in [6, 6.07) is 12.5. The Hall–Kier alpha value is -2.93. The van der Waals surface area contributed by atoms with Crippen LogP contribution in [0.2, 0.25) is 0 Å². The van der Waals surface area contributed by atoms with Crippen molar-refractivity contribution in [1.29, 1.82) is 0 Å². The third kappa shape index (κ3) is 4.54. The van der Waals surface area contributed by atoms with Crippen LogP contribution in [0.5, 0.6) is 11.5 Å². The molecule has 1 N–H and O–H groups in total. The van der Waals surface area contributed by atoms with E-state index in [4.69, 9.17) is 9.47 Å². The van der Waals surface area contributed by atoms with Crippen LogP contribution >= 0.6 is 0 Å². The molecule has 25 heavy (non-hydrogen) atoms. The summed E-state index contributed by atoms with van der Waals surface area (Å²) in [6.07, 6.45) is 2.12. The van der Waals surface area contributed by atoms with Gasteiger partial charge in [-0.15, -0.1) is 0 Å². The minimum absolute atomic E-state index is 0.00520. The standard InChI is InChI=1S/C18H18N2O5/c21-18(19-12-17-2-1-11-24-17)13-3-7-15(8-4-13)25-16-9-5-14(6-10-16)20(22)23/h3-10,17H,1-2,11-12H2,(H,19,21)/t17-/m0/s1. The highest BCUT2D eigenvalue weighted by molar-refractivity contribution is 5.94. The van der Waals surface area contributed by atoms with E-state index in [1.165, 1.54) is 24.3 Å². The minimum Gasteiger partial charge on any atom is -0.457 e. The predicted octanol–water partition coefficient (Wildman–Crippen LogP) is 3.30. The first-order valence-corrected chi connectivity index (χ1v) is 8.04. The van der Waals surface area contributed by atoms with Gasteiger partial charge in [0, 0.05) is 30.8 Å². The highest BCUT2D eigenvalue weighted by Crippen LogP contribution is 2.24. The molecular formula is C18H18N2O5. The van der Waals surface area contributed by atoms with Crippen molar-refractivity contribution < 1.29 is 19.2 Å². The van der Waals surface area contributed by atoms with Crippen LogP contribution in [0.15, 0.2) is 48.5 Å². The molecule has 3 rings (SSSR count). The van der Waals surface area contributed by atoms with Crippen LogP contribution in [0.25, 0.3) is 0 Å². The molecule has 7 heteroatoms. The second kappa shape index (κ2) is 7.76. The number of nitrogens with zero attached hydrogens (tertiary/aromatic N) is 1. The number of amides is 1. The van der Waals surface area contributed by atoms with Gasteiger partial charge in [-0.05, 0) is 49.2 Å². The summed E-state index contributed by atoms with van der Waals surface area (Å²) in [5, 5.41) is 13.5. The van der Waals surface area contributed by atoms with E-state index < -0.39 is 4.92 Å². The average Bonchev–Trinajstić information content (AvgIpc) is 3.14. The van der Waals surface area contributed by atoms with Crippen molar-refractivity contribution in [2.24, 2.45) is 0 Å². The van der Waals surface area contributed by atoms with Gasteiger partial charge in [-0.3, -0.25) is 14.9 Å². The molecule has 0 unspecified atom stereocenters. The van der Waals surface area contributed by atoms with Crippen LogP contribution in [0, 0.1) is 10.1 Å². The van der Waals surface area contributed by atoms with Gasteiger partial charge in [0.1, 0.15) is 11.5 Å². The molecule has 0 bridgehead atoms. The Labute approximate surface area is 144 Å². The Kier molecular flexibility index (Phi) is 5.25. The maximum atomic E-state index is 12.1. The lowest BCUT2D eigenvalue weighted by Crippen LogP contribution is -2.31. The summed E-state index contributed by atoms with van der Waals surface area (Å²) in [4.78, 5) is 22.3. The van der Waals surface area contributed by atoms with Gasteiger partial charge in [-0.1, -0.05) is 0 Å². The summed E-state index contributed by atoms with van der Waals surface area (Å²) in [5.41, 5.74) is 0.541. The average molecular weight is 342 g/mol. The lowest BCUT2D eigenvalue weighted by molar-refractivity contribution is -0.384. The molecule has 1 heterocycles. The fourth-order valence-corrected chi connectivity index (χ4v) is 2.56. The third-order valence-electron chi connectivity index (χ3n) is 3.91. The molecule has 1 amide bonds. The number of nitro groups is 1. The maximum Gasteiger partial charge on any atom is 0.269 e. The third-order valence-corrected chi connectivity index (χ3v) is 3.91. The molecule has 2 aromatic carbocycles. The van der Waals surface area contributed by atoms with Crippen molar-refractivity contribution in [3.63, 3.8) is 0 Å². The smallest absolute Gasteiger partial charge is 0.269 e. The number of non-ortho nitro benzene ring substituents is 1. The summed E-state index contributed by atoms with van der Waals surface area (Å²) in [7, 11) is 0. The van der Waals surface area contributed by atoms with Crippen molar-refractivity contribution in [3.8, 4) is 11.5 Å². The van der Waals surface area contributed by atoms with Crippen LogP contribution in [-0.2, 0) is 4.74 Å². The molecule has 7 nitrogen and oxygen atoms in total. The quantitative estimate of drug-likeness (QED) is 0.642. The first-order chi connectivity index (χ1) is 12.1. The predicted molar refractivity (Wildman–Crippen MR) is 90.9 cm³/mol. The van der Waals surface area contributed by atoms with Gasteiger partial charge in [0.2, 0.25) is 0 Å². The molecule has 1 aliphatic rings. The number of rotatable bonds is 6. The fraction of sp³-hybridized carbons (Fsp3) is 0.278. The fourth-order valence-electron chi connectivity index (χ4n) is 2.56. The van der Waals surface area contributed by atoms with Gasteiger partial charge in [0.25, 0.3) is 11.6 Å². The Bertz CT molecular complexity index is 737. The summed E-state index contributed by atoms with van der Waals surface area (Å²) < 4.78 is 11.1. The Morgan fingerprint density at radius 2 is 1.80 bits per heavy atom. The van der Waals surface area contributed by atoms with Gasteiger partial charge in [0.05, 0.1) is 11.0 Å². The van der Waals surface area contributed by atoms with Gasteiger partial charge in [-0.25, -0.2) is 0 Å². The number of nitrogens with one attached hydrogen (secondary N) is 1. The zero-order chi connectivity index (χ0) is 17.6. The maximum absolute atomic E-state index is 12.1. The summed E-state index contributed by atoms with van der Waals surface area (Å²) in [5.74, 6) is 0.878. The van der Waals surface area contributed by atoms with Crippen molar-refractivity contribution >= 4 is 11.6 Å². The van der Waals surface area contributed by atoms with E-state index in [2.05, 4.69) is 5.32 Å². The van der Waals surface area contributed by atoms with Crippen LogP contribution in [0.1, 0.15) is 23.2 Å². The summed E-state index contributed by atoms with van der Waals surface area (Å²) in [6.45, 7) is 1.27. The number of carbonyl (C=O) groups is 1. The van der Waals surface area contributed by atoms with Crippen molar-refractivity contribution in [2.75, 3.05) is 13.2 Å². The zero-order valence-electron chi connectivity index (χ0n) is 13.5. The Morgan fingerprint density at radius 1 is 1.16 bits per heavy atom. The second-order valence-corrected chi connectivity index (χ2v) is 5.72. The summed E-state index contributed by atoms with van der Waals surface area (Å²) >= 11 is 0. The lowest BCUT2D eigenvalue weighted by Gasteiger charge is -2.11. The largest absolute Gasteiger partial charge is 0.457 e.